The van der Waals surface area contributed by atoms with Gasteiger partial charge in [-0.3, -0.25) is 0 Å². The molecule has 7 heteroatoms. The Hall–Kier alpha value is -1.49. The van der Waals surface area contributed by atoms with Crippen molar-refractivity contribution in [3.63, 3.8) is 0 Å². The highest BCUT2D eigenvalue weighted by atomic mass is 32.2. The van der Waals surface area contributed by atoms with Crippen LogP contribution in [0.3, 0.4) is 0 Å². The number of aliphatic hydroxyl groups is 1. The highest BCUT2D eigenvalue weighted by molar-refractivity contribution is 7.89. The molecule has 1 aromatic carbocycles. The van der Waals surface area contributed by atoms with Crippen LogP contribution >= 0.6 is 0 Å². The lowest BCUT2D eigenvalue weighted by Gasteiger charge is -2.22. The van der Waals surface area contributed by atoms with E-state index in [0.717, 1.165) is 10.4 Å². The first kappa shape index (κ1) is 16.6. The third-order valence-electron chi connectivity index (χ3n) is 2.67. The van der Waals surface area contributed by atoms with Gasteiger partial charge in [-0.25, -0.2) is 17.2 Å². The van der Waals surface area contributed by atoms with Crippen molar-refractivity contribution in [3.8, 4) is 11.8 Å². The molecule has 0 atom stereocenters. The minimum absolute atomic E-state index is 0.316. The molecule has 1 rings (SSSR count). The van der Waals surface area contributed by atoms with Crippen LogP contribution in [0, 0.1) is 23.5 Å². The van der Waals surface area contributed by atoms with Crippen LogP contribution in [0.1, 0.15) is 19.4 Å². The van der Waals surface area contributed by atoms with Crippen molar-refractivity contribution in [1.29, 1.82) is 0 Å². The van der Waals surface area contributed by atoms with E-state index in [1.165, 1.54) is 7.05 Å². The molecule has 0 radical (unpaired) electrons. The zero-order valence-electron chi connectivity index (χ0n) is 11.3. The van der Waals surface area contributed by atoms with Crippen molar-refractivity contribution >= 4 is 10.0 Å². The van der Waals surface area contributed by atoms with Crippen molar-refractivity contribution in [2.45, 2.75) is 24.8 Å². The molecule has 0 saturated carbocycles. The van der Waals surface area contributed by atoms with E-state index in [0.29, 0.717) is 6.07 Å². The first-order valence-electron chi connectivity index (χ1n) is 5.78. The van der Waals surface area contributed by atoms with Gasteiger partial charge in [-0.05, 0) is 19.9 Å². The lowest BCUT2D eigenvalue weighted by molar-refractivity contribution is 0.350. The average molecular weight is 303 g/mol. The summed E-state index contributed by atoms with van der Waals surface area (Å²) in [6.45, 7) is 2.70. The lowest BCUT2D eigenvalue weighted by atomic mass is 10.2. The van der Waals surface area contributed by atoms with Gasteiger partial charge in [-0.1, -0.05) is 11.8 Å². The molecule has 0 spiro atoms. The summed E-state index contributed by atoms with van der Waals surface area (Å²) in [5.74, 6) is 2.30. The summed E-state index contributed by atoms with van der Waals surface area (Å²) in [5.41, 5.74) is -0.316. The zero-order chi connectivity index (χ0) is 15.5. The van der Waals surface area contributed by atoms with E-state index in [-0.39, 0.29) is 5.56 Å². The van der Waals surface area contributed by atoms with Crippen molar-refractivity contribution in [2.24, 2.45) is 0 Å². The van der Waals surface area contributed by atoms with Gasteiger partial charge in [0.05, 0.1) is 5.56 Å². The molecule has 0 aliphatic carbocycles. The van der Waals surface area contributed by atoms with Crippen LogP contribution in [0.15, 0.2) is 17.0 Å². The third-order valence-corrected chi connectivity index (χ3v) is 4.79. The predicted octanol–water partition coefficient (Wildman–Crippen LogP) is 1.34. The molecule has 20 heavy (non-hydrogen) atoms. The van der Waals surface area contributed by atoms with Gasteiger partial charge in [0, 0.05) is 19.2 Å². The summed E-state index contributed by atoms with van der Waals surface area (Å²) in [6.07, 6.45) is 0. The van der Waals surface area contributed by atoms with Gasteiger partial charge < -0.3 is 5.11 Å². The fourth-order valence-corrected chi connectivity index (χ4v) is 3.01. The molecule has 4 nitrogen and oxygen atoms in total. The van der Waals surface area contributed by atoms with Gasteiger partial charge in [0.15, 0.2) is 0 Å². The molecule has 0 saturated heterocycles. The Morgan fingerprint density at radius 2 is 1.95 bits per heavy atom. The van der Waals surface area contributed by atoms with Crippen LogP contribution in [0.4, 0.5) is 8.78 Å². The SMILES string of the molecule is CC(C)N(C)S(=O)(=O)c1c(F)cc(F)cc1C#CCO. The van der Waals surface area contributed by atoms with Gasteiger partial charge in [0.25, 0.3) is 0 Å². The standard InChI is InChI=1S/C13H15F2NO3S/c1-9(2)16(3)20(18,19)13-10(5-4-6-17)7-11(14)8-12(13)15/h7-9,17H,6H2,1-3H3. The second kappa shape index (κ2) is 6.31. The lowest BCUT2D eigenvalue weighted by Crippen LogP contribution is -2.34. The maximum Gasteiger partial charge on any atom is 0.247 e. The molecule has 0 bridgehead atoms. The van der Waals surface area contributed by atoms with Crippen LogP contribution in [0.5, 0.6) is 0 Å². The minimum Gasteiger partial charge on any atom is -0.384 e. The first-order valence-corrected chi connectivity index (χ1v) is 7.22. The molecule has 1 N–H and O–H groups in total. The number of benzene rings is 1. The Bertz CT molecular complexity index is 660. The quantitative estimate of drug-likeness (QED) is 0.857. The number of sulfonamides is 1. The number of hydrogen-bond donors (Lipinski definition) is 1. The normalized spacial score (nSPS) is 11.6. The molecular weight excluding hydrogens is 288 g/mol. The minimum atomic E-state index is -4.14. The molecule has 0 amide bonds. The van der Waals surface area contributed by atoms with Gasteiger partial charge in [-0.15, -0.1) is 0 Å². The molecule has 0 aliphatic rings. The van der Waals surface area contributed by atoms with E-state index in [1.54, 1.807) is 13.8 Å². The van der Waals surface area contributed by atoms with E-state index in [2.05, 4.69) is 11.8 Å². The number of hydrogen-bond acceptors (Lipinski definition) is 3. The van der Waals surface area contributed by atoms with Gasteiger partial charge in [0.1, 0.15) is 23.1 Å². The van der Waals surface area contributed by atoms with Crippen LogP contribution in [-0.4, -0.2) is 37.5 Å². The number of aliphatic hydroxyl groups excluding tert-OH is 1. The Morgan fingerprint density at radius 3 is 2.45 bits per heavy atom. The monoisotopic (exact) mass is 303 g/mol. The molecule has 0 heterocycles. The summed E-state index contributed by atoms with van der Waals surface area (Å²) in [6, 6.07) is 0.918. The average Bonchev–Trinajstić information content (AvgIpc) is 2.33. The van der Waals surface area contributed by atoms with Gasteiger partial charge in [0.2, 0.25) is 10.0 Å². The number of nitrogens with zero attached hydrogens (tertiary/aromatic N) is 1. The highest BCUT2D eigenvalue weighted by Crippen LogP contribution is 2.24. The summed E-state index contributed by atoms with van der Waals surface area (Å²) >= 11 is 0. The Balaban J connectivity index is 3.59. The van der Waals surface area contributed by atoms with Crippen LogP contribution in [0.2, 0.25) is 0 Å². The molecule has 1 aromatic rings. The molecule has 0 aromatic heterocycles. The number of halogens is 2. The Kier molecular flexibility index (Phi) is 5.22. The van der Waals surface area contributed by atoms with E-state index in [1.807, 2.05) is 0 Å². The topological polar surface area (TPSA) is 57.6 Å². The number of rotatable bonds is 3. The molecule has 0 fully saturated rings. The van der Waals surface area contributed by atoms with Crippen LogP contribution in [0.25, 0.3) is 0 Å². The van der Waals surface area contributed by atoms with Gasteiger partial charge in [-0.2, -0.15) is 4.31 Å². The maximum atomic E-state index is 13.9. The van der Waals surface area contributed by atoms with E-state index < -0.39 is 39.2 Å². The van der Waals surface area contributed by atoms with E-state index in [9.17, 15) is 17.2 Å². The van der Waals surface area contributed by atoms with Gasteiger partial charge >= 0.3 is 0 Å². The van der Waals surface area contributed by atoms with Crippen molar-refractivity contribution in [2.75, 3.05) is 13.7 Å². The maximum absolute atomic E-state index is 13.9. The zero-order valence-corrected chi connectivity index (χ0v) is 12.1. The molecule has 0 aliphatic heterocycles. The van der Waals surface area contributed by atoms with E-state index >= 15 is 0 Å². The summed E-state index contributed by atoms with van der Waals surface area (Å²) in [7, 11) is -2.84. The molecular formula is C13H15F2NO3S. The third kappa shape index (κ3) is 3.33. The highest BCUT2D eigenvalue weighted by Gasteiger charge is 2.29. The summed E-state index contributed by atoms with van der Waals surface area (Å²) < 4.78 is 52.7. The fraction of sp³-hybridized carbons (Fsp3) is 0.385. The Labute approximate surface area is 117 Å². The summed E-state index contributed by atoms with van der Waals surface area (Å²) in [5, 5.41) is 8.64. The molecule has 0 unspecified atom stereocenters. The van der Waals surface area contributed by atoms with Crippen LogP contribution in [-0.2, 0) is 10.0 Å². The Morgan fingerprint density at radius 1 is 1.35 bits per heavy atom. The van der Waals surface area contributed by atoms with Crippen molar-refractivity contribution in [3.05, 3.63) is 29.3 Å². The summed E-state index contributed by atoms with van der Waals surface area (Å²) in [4.78, 5) is -0.684. The smallest absolute Gasteiger partial charge is 0.247 e. The van der Waals surface area contributed by atoms with E-state index in [4.69, 9.17) is 5.11 Å². The first-order chi connectivity index (χ1) is 9.21. The second-order valence-electron chi connectivity index (χ2n) is 4.34. The second-order valence-corrected chi connectivity index (χ2v) is 6.27. The van der Waals surface area contributed by atoms with Crippen molar-refractivity contribution < 1.29 is 22.3 Å². The largest absolute Gasteiger partial charge is 0.384 e. The van der Waals surface area contributed by atoms with Crippen LogP contribution < -0.4 is 0 Å². The predicted molar refractivity (Wildman–Crippen MR) is 70.4 cm³/mol. The van der Waals surface area contributed by atoms with Crippen molar-refractivity contribution in [1.82, 2.24) is 4.31 Å². The fourth-order valence-electron chi connectivity index (χ4n) is 1.47. The molecule has 110 valence electrons.